The molecule has 7 nitrogen and oxygen atoms in total. The van der Waals surface area contributed by atoms with Crippen molar-refractivity contribution in [3.63, 3.8) is 0 Å². The standard InChI is InChI=1S/C22H20N2O5S/c1-16-7-13-20(14-8-16)30(28,29)23-21(15-22(25)18-5-3-2-4-6-18)17-9-11-19(12-10-17)24(26)27/h2-14,21,23H,15H2,1H3/t21-/m0/s1. The summed E-state index contributed by atoms with van der Waals surface area (Å²) in [4.78, 5) is 23.2. The van der Waals surface area contributed by atoms with Crippen molar-refractivity contribution >= 4 is 21.5 Å². The number of ketones is 1. The number of hydrogen-bond donors (Lipinski definition) is 1. The number of nitro benzene ring substituents is 1. The number of non-ortho nitro benzene ring substituents is 1. The van der Waals surface area contributed by atoms with Crippen LogP contribution < -0.4 is 4.72 Å². The van der Waals surface area contributed by atoms with Gasteiger partial charge >= 0.3 is 0 Å². The summed E-state index contributed by atoms with van der Waals surface area (Å²) in [6.07, 6.45) is -0.132. The first kappa shape index (κ1) is 21.4. The molecule has 154 valence electrons. The van der Waals surface area contributed by atoms with E-state index < -0.39 is 21.0 Å². The number of carbonyl (C=O) groups excluding carboxylic acids is 1. The fourth-order valence-electron chi connectivity index (χ4n) is 2.96. The van der Waals surface area contributed by atoms with Crippen molar-refractivity contribution in [2.75, 3.05) is 0 Å². The van der Waals surface area contributed by atoms with Gasteiger partial charge in [-0.05, 0) is 24.6 Å². The first-order valence-corrected chi connectivity index (χ1v) is 10.7. The third kappa shape index (κ3) is 5.16. The van der Waals surface area contributed by atoms with E-state index in [1.807, 2.05) is 6.92 Å². The van der Waals surface area contributed by atoms with Gasteiger partial charge in [-0.15, -0.1) is 0 Å². The molecular weight excluding hydrogens is 404 g/mol. The summed E-state index contributed by atoms with van der Waals surface area (Å²) >= 11 is 0. The second kappa shape index (κ2) is 8.98. The van der Waals surface area contributed by atoms with Gasteiger partial charge in [0, 0.05) is 24.1 Å². The quantitative estimate of drug-likeness (QED) is 0.331. The van der Waals surface area contributed by atoms with Gasteiger partial charge in [0.15, 0.2) is 5.78 Å². The van der Waals surface area contributed by atoms with E-state index in [1.165, 1.54) is 36.4 Å². The fourth-order valence-corrected chi connectivity index (χ4v) is 4.18. The van der Waals surface area contributed by atoms with Gasteiger partial charge in [0.1, 0.15) is 0 Å². The molecule has 3 aromatic carbocycles. The number of nitrogens with zero attached hydrogens (tertiary/aromatic N) is 1. The van der Waals surface area contributed by atoms with Crippen LogP contribution in [-0.4, -0.2) is 19.1 Å². The predicted octanol–water partition coefficient (Wildman–Crippen LogP) is 4.20. The van der Waals surface area contributed by atoms with Crippen LogP contribution in [0.1, 0.15) is 33.9 Å². The first-order valence-electron chi connectivity index (χ1n) is 9.18. The zero-order valence-corrected chi connectivity index (χ0v) is 17.0. The summed E-state index contributed by atoms with van der Waals surface area (Å²) in [5.74, 6) is -0.245. The monoisotopic (exact) mass is 424 g/mol. The Balaban J connectivity index is 1.93. The molecule has 0 aliphatic heterocycles. The molecule has 8 heteroatoms. The predicted molar refractivity (Wildman–Crippen MR) is 113 cm³/mol. The second-order valence-electron chi connectivity index (χ2n) is 6.83. The molecule has 0 fully saturated rings. The lowest BCUT2D eigenvalue weighted by Gasteiger charge is -2.19. The Kier molecular flexibility index (Phi) is 6.39. The maximum Gasteiger partial charge on any atom is 0.269 e. The molecule has 0 saturated heterocycles. The molecule has 0 aliphatic carbocycles. The number of nitro groups is 1. The van der Waals surface area contributed by atoms with E-state index >= 15 is 0 Å². The first-order chi connectivity index (χ1) is 14.3. The number of aryl methyl sites for hydroxylation is 1. The Labute approximate surface area is 174 Å². The largest absolute Gasteiger partial charge is 0.294 e. The van der Waals surface area contributed by atoms with Crippen LogP contribution in [-0.2, 0) is 10.0 Å². The Bertz CT molecular complexity index is 1140. The molecule has 1 N–H and O–H groups in total. The van der Waals surface area contributed by atoms with Gasteiger partial charge in [-0.1, -0.05) is 60.2 Å². The molecule has 0 aromatic heterocycles. The molecule has 0 saturated carbocycles. The number of nitrogens with one attached hydrogen (secondary N) is 1. The maximum atomic E-state index is 12.9. The number of carbonyl (C=O) groups is 1. The summed E-state index contributed by atoms with van der Waals surface area (Å²) in [6.45, 7) is 1.85. The third-order valence-corrected chi connectivity index (χ3v) is 6.11. The summed E-state index contributed by atoms with van der Waals surface area (Å²) in [5.41, 5.74) is 1.72. The molecule has 0 bridgehead atoms. The van der Waals surface area contributed by atoms with Crippen molar-refractivity contribution in [1.82, 2.24) is 4.72 Å². The summed E-state index contributed by atoms with van der Waals surface area (Å²) in [5, 5.41) is 10.9. The van der Waals surface area contributed by atoms with Gasteiger partial charge < -0.3 is 0 Å². The highest BCUT2D eigenvalue weighted by Crippen LogP contribution is 2.25. The summed E-state index contributed by atoms with van der Waals surface area (Å²) < 4.78 is 28.4. The number of hydrogen-bond acceptors (Lipinski definition) is 5. The normalized spacial score (nSPS) is 12.3. The Hall–Kier alpha value is -3.36. The molecule has 0 radical (unpaired) electrons. The lowest BCUT2D eigenvalue weighted by atomic mass is 9.98. The minimum absolute atomic E-state index is 0.0761. The molecule has 0 unspecified atom stereocenters. The van der Waals surface area contributed by atoms with Crippen LogP contribution in [0.2, 0.25) is 0 Å². The van der Waals surface area contributed by atoms with Gasteiger partial charge in [0.2, 0.25) is 10.0 Å². The van der Waals surface area contributed by atoms with Crippen molar-refractivity contribution in [1.29, 1.82) is 0 Å². The Morgan fingerprint density at radius 2 is 1.57 bits per heavy atom. The average molecular weight is 424 g/mol. The molecule has 30 heavy (non-hydrogen) atoms. The summed E-state index contributed by atoms with van der Waals surface area (Å²) in [6, 6.07) is 19.5. The van der Waals surface area contributed by atoms with Crippen LogP contribution in [0.5, 0.6) is 0 Å². The number of Topliss-reactive ketones (excluding diaryl/α,β-unsaturated/α-hetero) is 1. The maximum absolute atomic E-state index is 12.9. The van der Waals surface area contributed by atoms with E-state index in [2.05, 4.69) is 4.72 Å². The SMILES string of the molecule is Cc1ccc(S(=O)(=O)N[C@@H](CC(=O)c2ccccc2)c2ccc([N+](=O)[O-])cc2)cc1. The van der Waals surface area contributed by atoms with Crippen molar-refractivity contribution in [3.05, 3.63) is 106 Å². The van der Waals surface area contributed by atoms with Crippen LogP contribution in [0.4, 0.5) is 5.69 Å². The van der Waals surface area contributed by atoms with Gasteiger partial charge in [-0.2, -0.15) is 0 Å². The van der Waals surface area contributed by atoms with Gasteiger partial charge in [0.25, 0.3) is 5.69 Å². The average Bonchev–Trinajstić information content (AvgIpc) is 2.74. The molecule has 0 heterocycles. The fraction of sp³-hybridized carbons (Fsp3) is 0.136. The van der Waals surface area contributed by atoms with Gasteiger partial charge in [-0.25, -0.2) is 13.1 Å². The van der Waals surface area contributed by atoms with Gasteiger partial charge in [-0.3, -0.25) is 14.9 Å². The van der Waals surface area contributed by atoms with Crippen LogP contribution in [0.3, 0.4) is 0 Å². The van der Waals surface area contributed by atoms with Crippen LogP contribution in [0.15, 0.2) is 83.8 Å². The van der Waals surface area contributed by atoms with E-state index in [4.69, 9.17) is 0 Å². The third-order valence-electron chi connectivity index (χ3n) is 4.62. The van der Waals surface area contributed by atoms with Crippen molar-refractivity contribution in [2.45, 2.75) is 24.3 Å². The molecule has 3 aromatic rings. The zero-order chi connectivity index (χ0) is 21.7. The number of benzene rings is 3. The van der Waals surface area contributed by atoms with E-state index in [1.54, 1.807) is 42.5 Å². The molecular formula is C22H20N2O5S. The molecule has 3 rings (SSSR count). The molecule has 0 spiro atoms. The molecule has 0 amide bonds. The van der Waals surface area contributed by atoms with E-state index in [0.29, 0.717) is 11.1 Å². The minimum atomic E-state index is -3.91. The van der Waals surface area contributed by atoms with Crippen molar-refractivity contribution in [2.24, 2.45) is 0 Å². The zero-order valence-electron chi connectivity index (χ0n) is 16.2. The molecule has 0 aliphatic rings. The van der Waals surface area contributed by atoms with E-state index in [9.17, 15) is 23.3 Å². The van der Waals surface area contributed by atoms with Crippen LogP contribution >= 0.6 is 0 Å². The highest BCUT2D eigenvalue weighted by Gasteiger charge is 2.24. The number of rotatable bonds is 8. The minimum Gasteiger partial charge on any atom is -0.294 e. The van der Waals surface area contributed by atoms with Crippen LogP contribution in [0.25, 0.3) is 0 Å². The smallest absolute Gasteiger partial charge is 0.269 e. The lowest BCUT2D eigenvalue weighted by molar-refractivity contribution is -0.384. The number of sulfonamides is 1. The van der Waals surface area contributed by atoms with E-state index in [-0.39, 0.29) is 22.8 Å². The van der Waals surface area contributed by atoms with Crippen molar-refractivity contribution < 1.29 is 18.1 Å². The molecule has 1 atom stereocenters. The van der Waals surface area contributed by atoms with Gasteiger partial charge in [0.05, 0.1) is 15.9 Å². The van der Waals surface area contributed by atoms with Crippen LogP contribution in [0, 0.1) is 17.0 Å². The highest BCUT2D eigenvalue weighted by atomic mass is 32.2. The van der Waals surface area contributed by atoms with E-state index in [0.717, 1.165) is 5.56 Å². The highest BCUT2D eigenvalue weighted by molar-refractivity contribution is 7.89. The second-order valence-corrected chi connectivity index (χ2v) is 8.54. The topological polar surface area (TPSA) is 106 Å². The Morgan fingerprint density at radius 3 is 2.13 bits per heavy atom. The summed E-state index contributed by atoms with van der Waals surface area (Å²) in [7, 11) is -3.91. The van der Waals surface area contributed by atoms with Crippen molar-refractivity contribution in [3.8, 4) is 0 Å². The lowest BCUT2D eigenvalue weighted by Crippen LogP contribution is -2.30. The Morgan fingerprint density at radius 1 is 0.967 bits per heavy atom.